The Morgan fingerprint density at radius 2 is 2.07 bits per heavy atom. The second kappa shape index (κ2) is 4.42. The minimum absolute atomic E-state index is 0.368. The van der Waals surface area contributed by atoms with Gasteiger partial charge in [-0.2, -0.15) is 0 Å². The van der Waals surface area contributed by atoms with E-state index in [2.05, 4.69) is 18.8 Å². The van der Waals surface area contributed by atoms with Crippen molar-refractivity contribution in [1.82, 2.24) is 4.98 Å². The Morgan fingerprint density at radius 3 is 2.57 bits per heavy atom. The first-order valence-electron chi connectivity index (χ1n) is 4.96. The molecule has 1 rings (SSSR count). The van der Waals surface area contributed by atoms with Gasteiger partial charge in [-0.05, 0) is 25.0 Å². The zero-order valence-corrected chi connectivity index (χ0v) is 9.08. The number of hydrogen-bond donors (Lipinski definition) is 1. The maximum absolute atomic E-state index is 6.25. The van der Waals surface area contributed by atoms with E-state index in [-0.39, 0.29) is 5.54 Å². The van der Waals surface area contributed by atoms with Crippen LogP contribution in [-0.4, -0.2) is 12.1 Å². The third-order valence-corrected chi connectivity index (χ3v) is 2.72. The molecule has 0 radical (unpaired) electrons. The molecule has 0 aromatic carbocycles. The summed E-state index contributed by atoms with van der Waals surface area (Å²) in [6.07, 6.45) is 3.47. The minimum atomic E-state index is -0.368. The van der Waals surface area contributed by atoms with Crippen molar-refractivity contribution in [3.05, 3.63) is 24.0 Å². The molecule has 2 N–H and O–H groups in total. The number of nitrogens with zero attached hydrogens (tertiary/aromatic N) is 1. The van der Waals surface area contributed by atoms with Gasteiger partial charge in [0.05, 0.1) is 12.6 Å². The van der Waals surface area contributed by atoms with Gasteiger partial charge in [0.15, 0.2) is 0 Å². The Kier molecular flexibility index (Phi) is 3.47. The van der Waals surface area contributed by atoms with Crippen LogP contribution in [0.15, 0.2) is 18.3 Å². The van der Waals surface area contributed by atoms with E-state index >= 15 is 0 Å². The van der Waals surface area contributed by atoms with Crippen LogP contribution < -0.4 is 10.5 Å². The highest BCUT2D eigenvalue weighted by Gasteiger charge is 2.27. The second-order valence-corrected chi connectivity index (χ2v) is 3.42. The van der Waals surface area contributed by atoms with Crippen LogP contribution in [0.4, 0.5) is 0 Å². The van der Waals surface area contributed by atoms with Crippen LogP contribution >= 0.6 is 0 Å². The molecule has 1 aromatic rings. The van der Waals surface area contributed by atoms with Crippen LogP contribution in [0, 0.1) is 0 Å². The minimum Gasteiger partial charge on any atom is -0.495 e. The summed E-state index contributed by atoms with van der Waals surface area (Å²) < 4.78 is 5.25. The molecule has 0 unspecified atom stereocenters. The van der Waals surface area contributed by atoms with Crippen LogP contribution in [0.2, 0.25) is 0 Å². The van der Waals surface area contributed by atoms with E-state index in [1.807, 2.05) is 12.1 Å². The Labute approximate surface area is 85.3 Å². The van der Waals surface area contributed by atoms with E-state index in [4.69, 9.17) is 10.5 Å². The Hall–Kier alpha value is -1.09. The summed E-state index contributed by atoms with van der Waals surface area (Å²) in [5.41, 5.74) is 6.74. The molecule has 78 valence electrons. The number of nitrogens with two attached hydrogens (primary N) is 1. The summed E-state index contributed by atoms with van der Waals surface area (Å²) in [5.74, 6) is 0.777. The predicted octanol–water partition coefficient (Wildman–Crippen LogP) is 2.06. The number of pyridine rings is 1. The quantitative estimate of drug-likeness (QED) is 0.798. The fraction of sp³-hybridized carbons (Fsp3) is 0.545. The van der Waals surface area contributed by atoms with E-state index in [9.17, 15) is 0 Å². The highest BCUT2D eigenvalue weighted by molar-refractivity contribution is 5.32. The van der Waals surface area contributed by atoms with Gasteiger partial charge in [0.25, 0.3) is 0 Å². The zero-order valence-electron chi connectivity index (χ0n) is 9.08. The van der Waals surface area contributed by atoms with Crippen molar-refractivity contribution in [3.63, 3.8) is 0 Å². The molecule has 1 aromatic heterocycles. The van der Waals surface area contributed by atoms with Gasteiger partial charge in [-0.15, -0.1) is 0 Å². The highest BCUT2D eigenvalue weighted by Crippen LogP contribution is 2.30. The summed E-state index contributed by atoms with van der Waals surface area (Å²) in [5, 5.41) is 0. The number of aromatic nitrogens is 1. The third-order valence-electron chi connectivity index (χ3n) is 2.72. The molecule has 3 nitrogen and oxygen atoms in total. The zero-order chi connectivity index (χ0) is 10.6. The highest BCUT2D eigenvalue weighted by atomic mass is 16.5. The van der Waals surface area contributed by atoms with Crippen molar-refractivity contribution < 1.29 is 4.74 Å². The van der Waals surface area contributed by atoms with Gasteiger partial charge < -0.3 is 10.5 Å². The number of methoxy groups -OCH3 is 1. The molecule has 0 amide bonds. The van der Waals surface area contributed by atoms with Gasteiger partial charge in [0.2, 0.25) is 0 Å². The van der Waals surface area contributed by atoms with Crippen molar-refractivity contribution in [3.8, 4) is 5.75 Å². The molecule has 0 fully saturated rings. The normalized spacial score (nSPS) is 11.4. The molecule has 0 bridgehead atoms. The van der Waals surface area contributed by atoms with Gasteiger partial charge >= 0.3 is 0 Å². The van der Waals surface area contributed by atoms with Crippen molar-refractivity contribution in [1.29, 1.82) is 0 Å². The summed E-state index contributed by atoms with van der Waals surface area (Å²) in [6, 6.07) is 3.75. The van der Waals surface area contributed by atoms with Gasteiger partial charge in [-0.25, -0.2) is 0 Å². The van der Waals surface area contributed by atoms with E-state index in [0.717, 1.165) is 24.3 Å². The first kappa shape index (κ1) is 11.0. The lowest BCUT2D eigenvalue weighted by Crippen LogP contribution is -2.36. The molecule has 3 heteroatoms. The van der Waals surface area contributed by atoms with E-state index < -0.39 is 0 Å². The lowest BCUT2D eigenvalue weighted by atomic mass is 9.89. The van der Waals surface area contributed by atoms with Crippen LogP contribution in [0.1, 0.15) is 32.4 Å². The maximum atomic E-state index is 6.25. The third kappa shape index (κ3) is 1.87. The number of hydrogen-bond acceptors (Lipinski definition) is 3. The first-order chi connectivity index (χ1) is 6.68. The lowest BCUT2D eigenvalue weighted by molar-refractivity contribution is 0.352. The molecule has 0 atom stereocenters. The molecule has 0 aliphatic rings. The van der Waals surface area contributed by atoms with Crippen molar-refractivity contribution in [2.45, 2.75) is 32.2 Å². The van der Waals surface area contributed by atoms with Crippen LogP contribution in [0.3, 0.4) is 0 Å². The summed E-state index contributed by atoms with van der Waals surface area (Å²) in [7, 11) is 1.65. The average Bonchev–Trinajstić information content (AvgIpc) is 2.28. The van der Waals surface area contributed by atoms with Crippen molar-refractivity contribution in [2.75, 3.05) is 7.11 Å². The molecule has 0 saturated heterocycles. The first-order valence-corrected chi connectivity index (χ1v) is 4.96. The fourth-order valence-corrected chi connectivity index (χ4v) is 1.51. The van der Waals surface area contributed by atoms with Crippen molar-refractivity contribution >= 4 is 0 Å². The standard InChI is InChI=1S/C11H18N2O/c1-4-11(12,5-2)10-9(14-3)7-6-8-13-10/h6-8H,4-5,12H2,1-3H3. The molecule has 14 heavy (non-hydrogen) atoms. The fourth-order valence-electron chi connectivity index (χ4n) is 1.51. The van der Waals surface area contributed by atoms with Gasteiger partial charge in [0, 0.05) is 6.20 Å². The van der Waals surface area contributed by atoms with Crippen molar-refractivity contribution in [2.24, 2.45) is 5.73 Å². The molecule has 0 spiro atoms. The smallest absolute Gasteiger partial charge is 0.142 e. The molecule has 0 saturated carbocycles. The molecule has 0 aliphatic heterocycles. The Morgan fingerprint density at radius 1 is 1.43 bits per heavy atom. The topological polar surface area (TPSA) is 48.1 Å². The van der Waals surface area contributed by atoms with E-state index in [1.54, 1.807) is 13.3 Å². The van der Waals surface area contributed by atoms with E-state index in [0.29, 0.717) is 0 Å². The summed E-state index contributed by atoms with van der Waals surface area (Å²) >= 11 is 0. The van der Waals surface area contributed by atoms with Gasteiger partial charge in [-0.1, -0.05) is 13.8 Å². The molecular weight excluding hydrogens is 176 g/mol. The largest absolute Gasteiger partial charge is 0.495 e. The number of ether oxygens (including phenoxy) is 1. The summed E-state index contributed by atoms with van der Waals surface area (Å²) in [4.78, 5) is 4.31. The number of rotatable bonds is 4. The molecule has 0 aliphatic carbocycles. The molecule has 1 heterocycles. The second-order valence-electron chi connectivity index (χ2n) is 3.42. The van der Waals surface area contributed by atoms with Gasteiger partial charge in [-0.3, -0.25) is 4.98 Å². The van der Waals surface area contributed by atoms with Gasteiger partial charge in [0.1, 0.15) is 11.4 Å². The molecular formula is C11H18N2O. The van der Waals surface area contributed by atoms with Crippen LogP contribution in [0.5, 0.6) is 5.75 Å². The Balaban J connectivity index is 3.15. The average molecular weight is 194 g/mol. The predicted molar refractivity (Wildman–Crippen MR) is 57.2 cm³/mol. The summed E-state index contributed by atoms with van der Waals surface area (Å²) in [6.45, 7) is 4.13. The van der Waals surface area contributed by atoms with Crippen LogP contribution in [0.25, 0.3) is 0 Å². The van der Waals surface area contributed by atoms with E-state index in [1.165, 1.54) is 0 Å². The monoisotopic (exact) mass is 194 g/mol. The maximum Gasteiger partial charge on any atom is 0.142 e. The SMILES string of the molecule is CCC(N)(CC)c1ncccc1OC. The Bertz CT molecular complexity index is 295. The lowest BCUT2D eigenvalue weighted by Gasteiger charge is -2.27. The van der Waals surface area contributed by atoms with Crippen LogP contribution in [-0.2, 0) is 5.54 Å².